The van der Waals surface area contributed by atoms with Crippen molar-refractivity contribution in [2.45, 2.75) is 82.4 Å². The Balaban J connectivity index is 2.74. The number of esters is 1. The van der Waals surface area contributed by atoms with Crippen LogP contribution < -0.4 is 11.1 Å². The van der Waals surface area contributed by atoms with E-state index in [2.05, 4.69) is 12.2 Å². The van der Waals surface area contributed by atoms with Gasteiger partial charge in [-0.3, -0.25) is 9.59 Å². The molecule has 150 valence electrons. The Morgan fingerprint density at radius 2 is 1.81 bits per heavy atom. The monoisotopic (exact) mass is 372 g/mol. The Morgan fingerprint density at radius 3 is 2.31 bits per heavy atom. The van der Waals surface area contributed by atoms with Crippen molar-refractivity contribution in [2.75, 3.05) is 13.7 Å². The molecule has 0 aromatic rings. The first kappa shape index (κ1) is 22.4. The van der Waals surface area contributed by atoms with Crippen LogP contribution in [0.3, 0.4) is 0 Å². The Kier molecular flexibility index (Phi) is 9.58. The first-order valence-corrected chi connectivity index (χ1v) is 9.33. The summed E-state index contributed by atoms with van der Waals surface area (Å²) in [5, 5.41) is 11.2. The van der Waals surface area contributed by atoms with Gasteiger partial charge in [0.15, 0.2) is 6.04 Å². The van der Waals surface area contributed by atoms with Gasteiger partial charge in [0.05, 0.1) is 31.8 Å². The van der Waals surface area contributed by atoms with Crippen molar-refractivity contribution in [1.82, 2.24) is 5.32 Å². The first-order valence-electron chi connectivity index (χ1n) is 9.33. The molecule has 8 nitrogen and oxygen atoms in total. The minimum absolute atomic E-state index is 0.0157. The molecule has 8 heteroatoms. The van der Waals surface area contributed by atoms with E-state index in [-0.39, 0.29) is 12.2 Å². The fourth-order valence-corrected chi connectivity index (χ4v) is 3.43. The van der Waals surface area contributed by atoms with Crippen LogP contribution in [0.5, 0.6) is 0 Å². The zero-order valence-electron chi connectivity index (χ0n) is 15.8. The van der Waals surface area contributed by atoms with E-state index in [1.165, 1.54) is 20.0 Å². The van der Waals surface area contributed by atoms with Gasteiger partial charge in [-0.05, 0) is 19.3 Å². The topological polar surface area (TPSA) is 128 Å². The van der Waals surface area contributed by atoms with Crippen LogP contribution in [0.4, 0.5) is 0 Å². The average Bonchev–Trinajstić information content (AvgIpc) is 2.83. The molecule has 0 heterocycles. The number of ether oxygens (including phenoxy) is 2. The molecule has 26 heavy (non-hydrogen) atoms. The predicted molar refractivity (Wildman–Crippen MR) is 95.5 cm³/mol. The molecule has 1 aliphatic carbocycles. The lowest BCUT2D eigenvalue weighted by Gasteiger charge is -2.34. The molecule has 0 aromatic carbocycles. The molecule has 1 aliphatic rings. The van der Waals surface area contributed by atoms with Gasteiger partial charge >= 0.3 is 11.9 Å². The maximum Gasteiger partial charge on any atom is 0.330 e. The van der Waals surface area contributed by atoms with Crippen LogP contribution in [0.2, 0.25) is 0 Å². The molecule has 2 atom stereocenters. The van der Waals surface area contributed by atoms with Gasteiger partial charge in [-0.2, -0.15) is 0 Å². The summed E-state index contributed by atoms with van der Waals surface area (Å²) in [6, 6.07) is -2.24. The third kappa shape index (κ3) is 7.29. The van der Waals surface area contributed by atoms with E-state index in [0.29, 0.717) is 0 Å². The maximum absolute atomic E-state index is 12.1. The van der Waals surface area contributed by atoms with Crippen LogP contribution in [0.1, 0.15) is 64.7 Å². The van der Waals surface area contributed by atoms with E-state index in [9.17, 15) is 14.4 Å². The quantitative estimate of drug-likeness (QED) is 0.390. The number of carbonyl (C=O) groups is 3. The molecule has 0 aromatic heterocycles. The minimum Gasteiger partial charge on any atom is -0.481 e. The lowest BCUT2D eigenvalue weighted by Crippen LogP contribution is -2.52. The van der Waals surface area contributed by atoms with Crippen molar-refractivity contribution in [1.29, 1.82) is 0 Å². The number of aliphatic carboxylic acids is 1. The van der Waals surface area contributed by atoms with Gasteiger partial charge < -0.3 is 25.6 Å². The lowest BCUT2D eigenvalue weighted by atomic mass is 9.89. The van der Waals surface area contributed by atoms with Crippen LogP contribution in [-0.4, -0.2) is 54.4 Å². The summed E-state index contributed by atoms with van der Waals surface area (Å²) in [5.41, 5.74) is 5.27. The number of methoxy groups -OCH3 is 1. The predicted octanol–water partition coefficient (Wildman–Crippen LogP) is 1.36. The maximum atomic E-state index is 12.1. The Hall–Kier alpha value is -1.67. The number of nitrogens with two attached hydrogens (primary N) is 1. The number of amides is 1. The van der Waals surface area contributed by atoms with Crippen LogP contribution in [0.15, 0.2) is 0 Å². The zero-order chi connectivity index (χ0) is 19.6. The molecular formula is C18H32N2O6. The van der Waals surface area contributed by atoms with Crippen molar-refractivity contribution in [3.63, 3.8) is 0 Å². The molecule has 0 bridgehead atoms. The second kappa shape index (κ2) is 11.1. The highest BCUT2D eigenvalue weighted by Crippen LogP contribution is 2.34. The largest absolute Gasteiger partial charge is 0.481 e. The molecule has 0 radical (unpaired) electrons. The second-order valence-electron chi connectivity index (χ2n) is 6.95. The normalized spacial score (nSPS) is 19.0. The number of carboxylic acid groups (broad SMARTS) is 1. The lowest BCUT2D eigenvalue weighted by molar-refractivity contribution is -0.150. The summed E-state index contributed by atoms with van der Waals surface area (Å²) >= 11 is 0. The highest BCUT2D eigenvalue weighted by Gasteiger charge is 2.34. The summed E-state index contributed by atoms with van der Waals surface area (Å²) < 4.78 is 10.9. The number of hydrogen-bond acceptors (Lipinski definition) is 6. The Morgan fingerprint density at radius 1 is 1.19 bits per heavy atom. The van der Waals surface area contributed by atoms with E-state index in [4.69, 9.17) is 20.3 Å². The van der Waals surface area contributed by atoms with Gasteiger partial charge in [-0.25, -0.2) is 4.79 Å². The molecule has 1 amide bonds. The fraction of sp³-hybridized carbons (Fsp3) is 0.833. The van der Waals surface area contributed by atoms with Gasteiger partial charge in [0.25, 0.3) is 0 Å². The highest BCUT2D eigenvalue weighted by molar-refractivity contribution is 5.89. The number of rotatable bonds is 10. The molecule has 1 rings (SSSR count). The highest BCUT2D eigenvalue weighted by atomic mass is 16.5. The molecule has 1 saturated carbocycles. The van der Waals surface area contributed by atoms with Gasteiger partial charge in [-0.1, -0.05) is 39.0 Å². The smallest absolute Gasteiger partial charge is 0.330 e. The zero-order valence-corrected chi connectivity index (χ0v) is 15.8. The van der Waals surface area contributed by atoms with Gasteiger partial charge in [-0.15, -0.1) is 0 Å². The third-order valence-corrected chi connectivity index (χ3v) is 4.81. The van der Waals surface area contributed by atoms with E-state index >= 15 is 0 Å². The van der Waals surface area contributed by atoms with Gasteiger partial charge in [0.2, 0.25) is 5.91 Å². The van der Waals surface area contributed by atoms with E-state index < -0.39 is 36.4 Å². The van der Waals surface area contributed by atoms with Crippen LogP contribution in [0, 0.1) is 0 Å². The SMILES string of the molecule is CCCC1(OC[C@H](NC(=O)[C@@H](N)CC(=O)O)C(=O)OC)CCCCCC1. The molecule has 0 saturated heterocycles. The summed E-state index contributed by atoms with van der Waals surface area (Å²) in [5.74, 6) is -2.53. The number of carbonyl (C=O) groups excluding carboxylic acids is 2. The van der Waals surface area contributed by atoms with Crippen molar-refractivity contribution < 1.29 is 29.0 Å². The molecule has 1 fully saturated rings. The summed E-state index contributed by atoms with van der Waals surface area (Å²) in [4.78, 5) is 34.8. The Bertz CT molecular complexity index is 474. The third-order valence-electron chi connectivity index (χ3n) is 4.81. The van der Waals surface area contributed by atoms with E-state index in [1.807, 2.05) is 0 Å². The van der Waals surface area contributed by atoms with E-state index in [1.54, 1.807) is 0 Å². The summed E-state index contributed by atoms with van der Waals surface area (Å²) in [7, 11) is 1.23. The second-order valence-corrected chi connectivity index (χ2v) is 6.95. The van der Waals surface area contributed by atoms with Crippen LogP contribution in [0.25, 0.3) is 0 Å². The average molecular weight is 372 g/mol. The van der Waals surface area contributed by atoms with Crippen molar-refractivity contribution >= 4 is 17.8 Å². The molecule has 0 aliphatic heterocycles. The summed E-state index contributed by atoms with van der Waals surface area (Å²) in [6.07, 6.45) is 7.73. The number of hydrogen-bond donors (Lipinski definition) is 3. The van der Waals surface area contributed by atoms with Crippen LogP contribution in [-0.2, 0) is 23.9 Å². The fourth-order valence-electron chi connectivity index (χ4n) is 3.43. The van der Waals surface area contributed by atoms with Crippen molar-refractivity contribution in [3.05, 3.63) is 0 Å². The molecule has 0 spiro atoms. The number of carboxylic acids is 1. The first-order chi connectivity index (χ1) is 12.3. The van der Waals surface area contributed by atoms with Gasteiger partial charge in [0.1, 0.15) is 0 Å². The standard InChI is InChI=1S/C18H32N2O6/c1-3-8-18(9-6-4-5-7-10-18)26-12-14(17(24)25-2)20-16(23)13(19)11-15(21)22/h13-14H,3-12,19H2,1-2H3,(H,20,23)(H,21,22)/t13-,14-/m0/s1. The van der Waals surface area contributed by atoms with Crippen molar-refractivity contribution in [2.24, 2.45) is 5.73 Å². The Labute approximate surface area is 154 Å². The number of nitrogens with one attached hydrogen (secondary N) is 1. The molecule has 0 unspecified atom stereocenters. The minimum atomic E-state index is -1.23. The van der Waals surface area contributed by atoms with Crippen LogP contribution >= 0.6 is 0 Å². The summed E-state index contributed by atoms with van der Waals surface area (Å²) in [6.45, 7) is 2.08. The van der Waals surface area contributed by atoms with E-state index in [0.717, 1.165) is 38.5 Å². The molecular weight excluding hydrogens is 340 g/mol. The van der Waals surface area contributed by atoms with Gasteiger partial charge in [0, 0.05) is 0 Å². The molecule has 4 N–H and O–H groups in total. The van der Waals surface area contributed by atoms with Crippen molar-refractivity contribution in [3.8, 4) is 0 Å².